The van der Waals surface area contributed by atoms with E-state index in [0.717, 1.165) is 88.4 Å². The molecule has 6 nitrogen and oxygen atoms in total. The van der Waals surface area contributed by atoms with E-state index in [1.807, 2.05) is 48.5 Å². The summed E-state index contributed by atoms with van der Waals surface area (Å²) < 4.78 is 15.8. The van der Waals surface area contributed by atoms with E-state index < -0.39 is 0 Å². The highest BCUT2D eigenvalue weighted by molar-refractivity contribution is 6.19. The van der Waals surface area contributed by atoms with Gasteiger partial charge in [0.05, 0.1) is 27.7 Å². The summed E-state index contributed by atoms with van der Waals surface area (Å²) in [5.74, 6) is 1.59. The number of nitrogens with zero attached hydrogens (tertiary/aromatic N) is 4. The first-order valence-corrected chi connectivity index (χ1v) is 21.8. The Kier molecular flexibility index (Phi) is 7.59. The Hall–Kier alpha value is -8.87. The number of rotatable bonds is 5. The molecule has 4 heterocycles. The number of benzene rings is 10. The molecule has 4 aromatic heterocycles. The topological polar surface area (TPSA) is 69.9 Å². The molecule has 0 aliphatic heterocycles. The minimum atomic E-state index is 0.517. The van der Waals surface area contributed by atoms with E-state index in [1.165, 1.54) is 32.3 Å². The Labute approximate surface area is 371 Å². The second kappa shape index (κ2) is 13.8. The van der Waals surface area contributed by atoms with Crippen molar-refractivity contribution >= 4 is 87.2 Å². The van der Waals surface area contributed by atoms with Gasteiger partial charge in [0.25, 0.3) is 0 Å². The van der Waals surface area contributed by atoms with Gasteiger partial charge in [-0.05, 0) is 87.3 Å². The van der Waals surface area contributed by atoms with Gasteiger partial charge in [-0.2, -0.15) is 0 Å². The lowest BCUT2D eigenvalue weighted by Gasteiger charge is -2.14. The Bertz CT molecular complexity index is 4140. The van der Waals surface area contributed by atoms with Gasteiger partial charge < -0.3 is 13.4 Å². The minimum absolute atomic E-state index is 0.517. The van der Waals surface area contributed by atoms with Crippen LogP contribution in [0.15, 0.2) is 215 Å². The second-order valence-electron chi connectivity index (χ2n) is 16.8. The summed E-state index contributed by atoms with van der Waals surface area (Å²) in [4.78, 5) is 15.9. The van der Waals surface area contributed by atoms with Gasteiger partial charge in [0.15, 0.2) is 17.5 Å². The third-order valence-corrected chi connectivity index (χ3v) is 13.0. The first-order chi connectivity index (χ1) is 32.2. The fourth-order valence-electron chi connectivity index (χ4n) is 9.91. The van der Waals surface area contributed by atoms with Crippen molar-refractivity contribution in [3.8, 4) is 51.0 Å². The summed E-state index contributed by atoms with van der Waals surface area (Å²) in [5, 5.41) is 11.2. The summed E-state index contributed by atoms with van der Waals surface area (Å²) in [7, 11) is 0. The SMILES string of the molecule is c1ccc(-c2ccc(-c3nc(-c4cc(-n5c6cc7ccccc7cc6c6cc7ccccc7cc65)c5c(c4)oc4ccccc45)nc(-c4cccc5c4oc4ccccc45)n3)cc2)cc1. The molecule has 0 saturated carbocycles. The van der Waals surface area contributed by atoms with E-state index in [0.29, 0.717) is 17.5 Å². The van der Waals surface area contributed by atoms with Crippen molar-refractivity contribution in [1.82, 2.24) is 19.5 Å². The van der Waals surface area contributed by atoms with Crippen molar-refractivity contribution in [2.75, 3.05) is 0 Å². The lowest BCUT2D eigenvalue weighted by molar-refractivity contribution is 0.668. The maximum absolute atomic E-state index is 6.79. The molecule has 302 valence electrons. The van der Waals surface area contributed by atoms with E-state index in [1.54, 1.807) is 0 Å². The number of hydrogen-bond acceptors (Lipinski definition) is 5. The van der Waals surface area contributed by atoms with Gasteiger partial charge in [-0.3, -0.25) is 0 Å². The van der Waals surface area contributed by atoms with Crippen LogP contribution in [0.3, 0.4) is 0 Å². The highest BCUT2D eigenvalue weighted by Crippen LogP contribution is 2.43. The van der Waals surface area contributed by atoms with Crippen LogP contribution in [-0.2, 0) is 0 Å². The molecule has 10 aromatic carbocycles. The van der Waals surface area contributed by atoms with Crippen LogP contribution < -0.4 is 0 Å². The molecular formula is C59H34N4O2. The monoisotopic (exact) mass is 830 g/mol. The van der Waals surface area contributed by atoms with Crippen LogP contribution in [-0.4, -0.2) is 19.5 Å². The van der Waals surface area contributed by atoms with Crippen LogP contribution in [0, 0.1) is 0 Å². The van der Waals surface area contributed by atoms with Crippen LogP contribution in [0.2, 0.25) is 0 Å². The van der Waals surface area contributed by atoms with Gasteiger partial charge in [0.2, 0.25) is 0 Å². The lowest BCUT2D eigenvalue weighted by Crippen LogP contribution is -2.02. The molecule has 65 heavy (non-hydrogen) atoms. The van der Waals surface area contributed by atoms with E-state index in [-0.39, 0.29) is 0 Å². The zero-order valence-corrected chi connectivity index (χ0v) is 34.7. The third-order valence-electron chi connectivity index (χ3n) is 13.0. The van der Waals surface area contributed by atoms with Gasteiger partial charge in [0.1, 0.15) is 22.3 Å². The van der Waals surface area contributed by atoms with Crippen molar-refractivity contribution in [3.05, 3.63) is 206 Å². The summed E-state index contributed by atoms with van der Waals surface area (Å²) in [6.07, 6.45) is 0. The maximum atomic E-state index is 6.79. The molecule has 0 bridgehead atoms. The predicted molar refractivity (Wildman–Crippen MR) is 265 cm³/mol. The van der Waals surface area contributed by atoms with Crippen molar-refractivity contribution in [2.24, 2.45) is 0 Å². The van der Waals surface area contributed by atoms with Crippen LogP contribution >= 0.6 is 0 Å². The summed E-state index contributed by atoms with van der Waals surface area (Å²) in [6, 6.07) is 72.2. The average molecular weight is 831 g/mol. The van der Waals surface area contributed by atoms with Crippen LogP contribution in [0.4, 0.5) is 0 Å². The number of para-hydroxylation sites is 3. The summed E-state index contributed by atoms with van der Waals surface area (Å²) >= 11 is 0. The number of fused-ring (bicyclic) bond motifs is 11. The summed E-state index contributed by atoms with van der Waals surface area (Å²) in [5.41, 5.74) is 11.0. The van der Waals surface area contributed by atoms with Crippen LogP contribution in [0.5, 0.6) is 0 Å². The van der Waals surface area contributed by atoms with Gasteiger partial charge in [-0.15, -0.1) is 0 Å². The molecule has 0 spiro atoms. The van der Waals surface area contributed by atoms with Gasteiger partial charge in [0, 0.05) is 38.1 Å². The zero-order chi connectivity index (χ0) is 42.6. The minimum Gasteiger partial charge on any atom is -0.456 e. The average Bonchev–Trinajstić information content (AvgIpc) is 4.04. The van der Waals surface area contributed by atoms with Crippen molar-refractivity contribution in [3.63, 3.8) is 0 Å². The molecule has 0 N–H and O–H groups in total. The van der Waals surface area contributed by atoms with Gasteiger partial charge in [-0.25, -0.2) is 15.0 Å². The van der Waals surface area contributed by atoms with Crippen molar-refractivity contribution < 1.29 is 8.83 Å². The van der Waals surface area contributed by atoms with Crippen molar-refractivity contribution in [2.45, 2.75) is 0 Å². The van der Waals surface area contributed by atoms with Gasteiger partial charge in [-0.1, -0.05) is 152 Å². The normalized spacial score (nSPS) is 12.0. The molecule has 0 atom stereocenters. The molecular weight excluding hydrogens is 797 g/mol. The molecule has 14 rings (SSSR count). The molecule has 6 heteroatoms. The Morgan fingerprint density at radius 2 is 0.846 bits per heavy atom. The molecule has 0 amide bonds. The number of furan rings is 2. The molecule has 14 aromatic rings. The van der Waals surface area contributed by atoms with E-state index in [4.69, 9.17) is 23.8 Å². The van der Waals surface area contributed by atoms with Gasteiger partial charge >= 0.3 is 0 Å². The number of aromatic nitrogens is 4. The first kappa shape index (κ1) is 35.7. The third kappa shape index (κ3) is 5.57. The van der Waals surface area contributed by atoms with E-state index >= 15 is 0 Å². The molecule has 0 aliphatic rings. The van der Waals surface area contributed by atoms with Crippen molar-refractivity contribution in [1.29, 1.82) is 0 Å². The Morgan fingerprint density at radius 1 is 0.323 bits per heavy atom. The fourth-order valence-corrected chi connectivity index (χ4v) is 9.91. The van der Waals surface area contributed by atoms with Crippen LogP contribution in [0.25, 0.3) is 138 Å². The Balaban J connectivity index is 1.07. The second-order valence-corrected chi connectivity index (χ2v) is 16.8. The highest BCUT2D eigenvalue weighted by Gasteiger charge is 2.23. The Morgan fingerprint density at radius 3 is 1.54 bits per heavy atom. The maximum Gasteiger partial charge on any atom is 0.167 e. The molecule has 0 unspecified atom stereocenters. The largest absolute Gasteiger partial charge is 0.456 e. The first-order valence-electron chi connectivity index (χ1n) is 21.8. The summed E-state index contributed by atoms with van der Waals surface area (Å²) in [6.45, 7) is 0. The lowest BCUT2D eigenvalue weighted by atomic mass is 10.0. The smallest absolute Gasteiger partial charge is 0.167 e. The quantitative estimate of drug-likeness (QED) is 0.173. The highest BCUT2D eigenvalue weighted by atomic mass is 16.3. The molecule has 0 saturated heterocycles. The van der Waals surface area contributed by atoms with E-state index in [2.05, 4.69) is 162 Å². The number of hydrogen-bond donors (Lipinski definition) is 0. The molecule has 0 radical (unpaired) electrons. The molecule has 0 fully saturated rings. The fraction of sp³-hybridized carbons (Fsp3) is 0. The molecule has 0 aliphatic carbocycles. The zero-order valence-electron chi connectivity index (χ0n) is 34.7. The predicted octanol–water partition coefficient (Wildman–Crippen LogP) is 15.7. The van der Waals surface area contributed by atoms with Crippen LogP contribution in [0.1, 0.15) is 0 Å². The van der Waals surface area contributed by atoms with E-state index in [9.17, 15) is 0 Å². The standard InChI is InChI=1S/C59H34N4O2/c1-2-13-35(14-3-1)36-25-27-37(28-26-36)57-60-58(62-59(61-57)46-22-12-21-44-43-19-8-10-23-52(43)65-56(44)46)42-33-51(55-45-20-9-11-24-53(45)64-54(55)34-42)63-49-31-40-17-6-4-15-38(40)29-47(49)48-30-39-16-5-7-18-41(39)32-50(48)63/h1-34H.